The van der Waals surface area contributed by atoms with Crippen LogP contribution in [0.4, 0.5) is 5.69 Å². The molecule has 0 fully saturated rings. The van der Waals surface area contributed by atoms with E-state index in [1.165, 1.54) is 18.0 Å². The molecule has 1 aliphatic heterocycles. The number of amides is 1. The predicted octanol–water partition coefficient (Wildman–Crippen LogP) is 3.99. The van der Waals surface area contributed by atoms with Crippen molar-refractivity contribution in [2.24, 2.45) is 0 Å². The molecule has 10 heteroatoms. The summed E-state index contributed by atoms with van der Waals surface area (Å²) < 4.78 is 1.57. The highest BCUT2D eigenvalue weighted by atomic mass is 35.5. The van der Waals surface area contributed by atoms with E-state index >= 15 is 0 Å². The number of carbonyl (C=O) groups excluding carboxylic acids is 1. The third kappa shape index (κ3) is 3.96. The fraction of sp³-hybridized carbons (Fsp3) is 0.143. The van der Waals surface area contributed by atoms with Gasteiger partial charge >= 0.3 is 0 Å². The van der Waals surface area contributed by atoms with Crippen LogP contribution in [0.15, 0.2) is 69.6 Å². The summed E-state index contributed by atoms with van der Waals surface area (Å²) in [5, 5.41) is 5.59. The SMILES string of the molecule is O=C(CSc1nc2c(cnn2-c2cccc(Cl)c2)c(=O)[nH]1)N1CCSc2ccccc21. The first kappa shape index (κ1) is 20.2. The summed E-state index contributed by atoms with van der Waals surface area (Å²) in [6.45, 7) is 0.658. The van der Waals surface area contributed by atoms with Gasteiger partial charge in [-0.25, -0.2) is 9.67 Å². The molecule has 1 aliphatic rings. The van der Waals surface area contributed by atoms with Gasteiger partial charge in [0.15, 0.2) is 10.8 Å². The van der Waals surface area contributed by atoms with E-state index in [1.54, 1.807) is 39.5 Å². The molecule has 0 unspecified atom stereocenters. The van der Waals surface area contributed by atoms with Crippen molar-refractivity contribution < 1.29 is 4.79 Å². The summed E-state index contributed by atoms with van der Waals surface area (Å²) in [4.78, 5) is 35.6. The second kappa shape index (κ2) is 8.41. The van der Waals surface area contributed by atoms with E-state index in [0.29, 0.717) is 33.4 Å². The van der Waals surface area contributed by atoms with E-state index in [-0.39, 0.29) is 17.2 Å². The number of hydrogen-bond donors (Lipinski definition) is 1. The molecular formula is C21H16ClN5O2S2. The minimum absolute atomic E-state index is 0.0242. The Morgan fingerprint density at radius 2 is 2.10 bits per heavy atom. The molecular weight excluding hydrogens is 454 g/mol. The number of nitrogens with zero attached hydrogens (tertiary/aromatic N) is 4. The number of aromatic nitrogens is 4. The molecule has 0 aliphatic carbocycles. The second-order valence-corrected chi connectivity index (χ2v) is 9.33. The Bertz CT molecular complexity index is 1350. The van der Waals surface area contributed by atoms with Gasteiger partial charge in [-0.2, -0.15) is 5.10 Å². The zero-order chi connectivity index (χ0) is 21.4. The standard InChI is InChI=1S/C21H16ClN5O2S2/c22-13-4-3-5-14(10-13)27-19-15(11-23-27)20(29)25-21(24-19)31-12-18(28)26-8-9-30-17-7-2-1-6-16(17)26/h1-7,10-11H,8-9,12H2,(H,24,25,29). The quantitative estimate of drug-likeness (QED) is 0.359. The van der Waals surface area contributed by atoms with Gasteiger partial charge in [0.25, 0.3) is 5.56 Å². The van der Waals surface area contributed by atoms with Crippen molar-refractivity contribution in [2.75, 3.05) is 23.0 Å². The van der Waals surface area contributed by atoms with Crippen LogP contribution in [-0.2, 0) is 4.79 Å². The number of anilines is 1. The van der Waals surface area contributed by atoms with E-state index in [9.17, 15) is 9.59 Å². The average Bonchev–Trinajstić information content (AvgIpc) is 3.22. The Labute approximate surface area is 190 Å². The Hall–Kier alpha value is -2.75. The summed E-state index contributed by atoms with van der Waals surface area (Å²) in [7, 11) is 0. The number of nitrogens with one attached hydrogen (secondary N) is 1. The predicted molar refractivity (Wildman–Crippen MR) is 125 cm³/mol. The number of fused-ring (bicyclic) bond motifs is 2. The highest BCUT2D eigenvalue weighted by Gasteiger charge is 2.23. The van der Waals surface area contributed by atoms with Crippen LogP contribution in [-0.4, -0.2) is 43.7 Å². The van der Waals surface area contributed by atoms with Crippen LogP contribution >= 0.6 is 35.1 Å². The highest BCUT2D eigenvalue weighted by molar-refractivity contribution is 8.00. The number of thioether (sulfide) groups is 2. The second-order valence-electron chi connectivity index (χ2n) is 6.79. The van der Waals surface area contributed by atoms with Crippen molar-refractivity contribution in [1.29, 1.82) is 0 Å². The number of carbonyl (C=O) groups is 1. The lowest BCUT2D eigenvalue weighted by Crippen LogP contribution is -2.36. The molecule has 1 N–H and O–H groups in total. The fourth-order valence-electron chi connectivity index (χ4n) is 3.40. The van der Waals surface area contributed by atoms with E-state index < -0.39 is 0 Å². The molecule has 3 heterocycles. The van der Waals surface area contributed by atoms with Crippen LogP contribution in [0.3, 0.4) is 0 Å². The average molecular weight is 470 g/mol. The van der Waals surface area contributed by atoms with Crippen LogP contribution in [0.1, 0.15) is 0 Å². The van der Waals surface area contributed by atoms with Crippen molar-refractivity contribution in [3.8, 4) is 5.69 Å². The zero-order valence-electron chi connectivity index (χ0n) is 16.1. The first-order valence-electron chi connectivity index (χ1n) is 9.49. The van der Waals surface area contributed by atoms with Crippen molar-refractivity contribution >= 4 is 57.8 Å². The Balaban J connectivity index is 1.41. The summed E-state index contributed by atoms with van der Waals surface area (Å²) in [5.74, 6) is 0.996. The van der Waals surface area contributed by atoms with Crippen LogP contribution in [0.5, 0.6) is 0 Å². The molecule has 0 saturated heterocycles. The lowest BCUT2D eigenvalue weighted by Gasteiger charge is -2.28. The van der Waals surface area contributed by atoms with Gasteiger partial charge in [-0.1, -0.05) is 41.6 Å². The molecule has 5 rings (SSSR count). The van der Waals surface area contributed by atoms with Gasteiger partial charge < -0.3 is 9.88 Å². The molecule has 0 saturated carbocycles. The largest absolute Gasteiger partial charge is 0.310 e. The maximum atomic E-state index is 12.9. The summed E-state index contributed by atoms with van der Waals surface area (Å²) in [6, 6.07) is 15.0. The van der Waals surface area contributed by atoms with Gasteiger partial charge in [-0.3, -0.25) is 9.59 Å². The van der Waals surface area contributed by atoms with E-state index in [0.717, 1.165) is 16.3 Å². The molecule has 2 aromatic carbocycles. The number of benzene rings is 2. The molecule has 0 atom stereocenters. The first-order valence-corrected chi connectivity index (χ1v) is 11.8. The minimum Gasteiger partial charge on any atom is -0.310 e. The van der Waals surface area contributed by atoms with Crippen molar-refractivity contribution in [1.82, 2.24) is 19.7 Å². The number of hydrogen-bond acceptors (Lipinski definition) is 6. The van der Waals surface area contributed by atoms with E-state index in [2.05, 4.69) is 15.1 Å². The zero-order valence-corrected chi connectivity index (χ0v) is 18.5. The summed E-state index contributed by atoms with van der Waals surface area (Å²) in [6.07, 6.45) is 1.48. The van der Waals surface area contributed by atoms with Crippen molar-refractivity contribution in [3.63, 3.8) is 0 Å². The molecule has 7 nitrogen and oxygen atoms in total. The van der Waals surface area contributed by atoms with E-state index in [1.807, 2.05) is 30.3 Å². The topological polar surface area (TPSA) is 83.9 Å². The summed E-state index contributed by atoms with van der Waals surface area (Å²) >= 11 is 9.05. The van der Waals surface area contributed by atoms with Gasteiger partial charge in [-0.05, 0) is 30.3 Å². The number of halogens is 1. The highest BCUT2D eigenvalue weighted by Crippen LogP contribution is 2.34. The maximum Gasteiger partial charge on any atom is 0.262 e. The lowest BCUT2D eigenvalue weighted by molar-refractivity contribution is -0.116. The third-order valence-corrected chi connectivity index (χ3v) is 6.97. The van der Waals surface area contributed by atoms with Gasteiger partial charge in [0.05, 0.1) is 23.3 Å². The maximum absolute atomic E-state index is 12.9. The summed E-state index contributed by atoms with van der Waals surface area (Å²) in [5.41, 5.74) is 1.75. The van der Waals surface area contributed by atoms with Crippen molar-refractivity contribution in [3.05, 3.63) is 70.1 Å². The minimum atomic E-state index is -0.298. The number of para-hydroxylation sites is 1. The van der Waals surface area contributed by atoms with E-state index in [4.69, 9.17) is 11.6 Å². The Morgan fingerprint density at radius 3 is 2.97 bits per heavy atom. The monoisotopic (exact) mass is 469 g/mol. The fourth-order valence-corrected chi connectivity index (χ4v) is 5.31. The molecule has 4 aromatic rings. The van der Waals surface area contributed by atoms with Crippen LogP contribution in [0.25, 0.3) is 16.7 Å². The molecule has 31 heavy (non-hydrogen) atoms. The van der Waals surface area contributed by atoms with Crippen molar-refractivity contribution in [2.45, 2.75) is 10.1 Å². The molecule has 0 bridgehead atoms. The Morgan fingerprint density at radius 1 is 1.23 bits per heavy atom. The van der Waals surface area contributed by atoms with Gasteiger partial charge in [-0.15, -0.1) is 11.8 Å². The molecule has 1 amide bonds. The molecule has 0 radical (unpaired) electrons. The van der Waals surface area contributed by atoms with Crippen LogP contribution < -0.4 is 10.5 Å². The Kier molecular flexibility index (Phi) is 5.47. The number of rotatable bonds is 4. The molecule has 0 spiro atoms. The van der Waals surface area contributed by atoms with Gasteiger partial charge in [0.2, 0.25) is 5.91 Å². The smallest absolute Gasteiger partial charge is 0.262 e. The first-order chi connectivity index (χ1) is 15.1. The van der Waals surface area contributed by atoms with Gasteiger partial charge in [0, 0.05) is 22.2 Å². The van der Waals surface area contributed by atoms with Crippen LogP contribution in [0, 0.1) is 0 Å². The normalized spacial score (nSPS) is 13.4. The van der Waals surface area contributed by atoms with Crippen LogP contribution in [0.2, 0.25) is 5.02 Å². The lowest BCUT2D eigenvalue weighted by atomic mass is 10.3. The molecule has 2 aromatic heterocycles. The third-order valence-electron chi connectivity index (χ3n) is 4.83. The van der Waals surface area contributed by atoms with Gasteiger partial charge in [0.1, 0.15) is 5.39 Å². The number of aromatic amines is 1. The number of H-pyrrole nitrogens is 1. The molecule has 156 valence electrons.